The largest absolute Gasteiger partial charge is 0.394 e. The first kappa shape index (κ1) is 72.7. The molecule has 0 aliphatic heterocycles. The fourth-order valence-electron chi connectivity index (χ4n) is 0.596. The lowest BCUT2D eigenvalue weighted by Gasteiger charge is -2.02. The smallest absolute Gasteiger partial charge is 0.0697 e. The van der Waals surface area contributed by atoms with Crippen molar-refractivity contribution in [3.63, 3.8) is 0 Å². The van der Waals surface area contributed by atoms with Crippen molar-refractivity contribution in [2.75, 3.05) is 39.6 Å². The number of aliphatic hydroxyl groups is 2. The molecule has 0 atom stereocenters. The summed E-state index contributed by atoms with van der Waals surface area (Å²) in [5.74, 6) is 0. The van der Waals surface area contributed by atoms with Gasteiger partial charge in [0.2, 0.25) is 0 Å². The van der Waals surface area contributed by atoms with Gasteiger partial charge in [-0.15, -0.1) is 0 Å². The molecular formula is C16H52O4. The van der Waals surface area contributed by atoms with Crippen molar-refractivity contribution in [3.05, 3.63) is 0 Å². The SMILES string of the molecule is C.C.C.C.C.C.C.C.C.OCCOCCCOCCO. The van der Waals surface area contributed by atoms with Crippen LogP contribution in [0.25, 0.3) is 0 Å². The third-order valence-electron chi connectivity index (χ3n) is 1.05. The Labute approximate surface area is 133 Å². The maximum absolute atomic E-state index is 8.32. The van der Waals surface area contributed by atoms with Crippen molar-refractivity contribution in [1.29, 1.82) is 0 Å². The molecule has 0 aliphatic carbocycles. The second-order valence-electron chi connectivity index (χ2n) is 2.03. The maximum atomic E-state index is 8.32. The van der Waals surface area contributed by atoms with Gasteiger partial charge in [-0.25, -0.2) is 0 Å². The number of rotatable bonds is 8. The van der Waals surface area contributed by atoms with Gasteiger partial charge in [-0.05, 0) is 6.42 Å². The molecule has 0 amide bonds. The van der Waals surface area contributed by atoms with Crippen LogP contribution in [0.4, 0.5) is 0 Å². The van der Waals surface area contributed by atoms with E-state index in [0.717, 1.165) is 6.42 Å². The molecule has 0 unspecified atom stereocenters. The lowest BCUT2D eigenvalue weighted by Crippen LogP contribution is -2.06. The normalized spacial score (nSPS) is 5.70. The minimum absolute atomic E-state index is 0. The van der Waals surface area contributed by atoms with E-state index in [4.69, 9.17) is 19.7 Å². The molecule has 0 saturated heterocycles. The van der Waals surface area contributed by atoms with Crippen molar-refractivity contribution in [2.24, 2.45) is 0 Å². The Hall–Kier alpha value is -0.160. The highest BCUT2D eigenvalue weighted by Crippen LogP contribution is 1.84. The lowest BCUT2D eigenvalue weighted by atomic mass is 10.5. The Kier molecular flexibility index (Phi) is 279. The summed E-state index contributed by atoms with van der Waals surface area (Å²) < 4.78 is 9.94. The summed E-state index contributed by atoms with van der Waals surface area (Å²) in [6.45, 7) is 2.12. The fourth-order valence-corrected chi connectivity index (χ4v) is 0.596. The summed E-state index contributed by atoms with van der Waals surface area (Å²) in [7, 11) is 0. The van der Waals surface area contributed by atoms with Crippen LogP contribution < -0.4 is 0 Å². The van der Waals surface area contributed by atoms with E-state index in [1.165, 1.54) is 0 Å². The second kappa shape index (κ2) is 76.7. The van der Waals surface area contributed by atoms with Crippen LogP contribution in [0.15, 0.2) is 0 Å². The van der Waals surface area contributed by atoms with Gasteiger partial charge in [0.15, 0.2) is 0 Å². The van der Waals surface area contributed by atoms with Crippen LogP contribution in [0, 0.1) is 0 Å². The first-order valence-electron chi connectivity index (χ1n) is 3.79. The highest BCUT2D eigenvalue weighted by Gasteiger charge is 1.88. The van der Waals surface area contributed by atoms with Gasteiger partial charge in [-0.2, -0.15) is 0 Å². The quantitative estimate of drug-likeness (QED) is 0.611. The molecule has 20 heavy (non-hydrogen) atoms. The van der Waals surface area contributed by atoms with Gasteiger partial charge in [-0.3, -0.25) is 0 Å². The summed E-state index contributed by atoms with van der Waals surface area (Å²) in [6, 6.07) is 0. The van der Waals surface area contributed by atoms with E-state index in [9.17, 15) is 0 Å². The predicted molar refractivity (Wildman–Crippen MR) is 101 cm³/mol. The summed E-state index contributed by atoms with van der Waals surface area (Å²) in [5.41, 5.74) is 0. The Balaban J connectivity index is -0.0000000139. The molecular weight excluding hydrogens is 256 g/mol. The molecule has 0 saturated carbocycles. The first-order chi connectivity index (χ1) is 5.41. The van der Waals surface area contributed by atoms with Gasteiger partial charge >= 0.3 is 0 Å². The summed E-state index contributed by atoms with van der Waals surface area (Å²) >= 11 is 0. The zero-order valence-corrected chi connectivity index (χ0v) is 6.66. The van der Waals surface area contributed by atoms with E-state index >= 15 is 0 Å². The minimum Gasteiger partial charge on any atom is -0.394 e. The number of hydrogen-bond donors (Lipinski definition) is 2. The fraction of sp³-hybridized carbons (Fsp3) is 1.00. The van der Waals surface area contributed by atoms with Gasteiger partial charge in [0, 0.05) is 13.2 Å². The van der Waals surface area contributed by atoms with Gasteiger partial charge < -0.3 is 19.7 Å². The topological polar surface area (TPSA) is 58.9 Å². The number of aliphatic hydroxyl groups excluding tert-OH is 2. The van der Waals surface area contributed by atoms with Crippen LogP contribution in [0.3, 0.4) is 0 Å². The molecule has 0 bridgehead atoms. The molecule has 4 heteroatoms. The molecule has 0 aliphatic rings. The minimum atomic E-state index is 0. The molecule has 0 rings (SSSR count). The molecule has 4 nitrogen and oxygen atoms in total. The first-order valence-corrected chi connectivity index (χ1v) is 3.79. The third kappa shape index (κ3) is 82.3. The molecule has 0 aromatic rings. The molecule has 140 valence electrons. The zero-order chi connectivity index (χ0) is 8.36. The van der Waals surface area contributed by atoms with Gasteiger partial charge in [0.25, 0.3) is 0 Å². The van der Waals surface area contributed by atoms with Gasteiger partial charge in [-0.1, -0.05) is 66.8 Å². The monoisotopic (exact) mass is 308 g/mol. The van der Waals surface area contributed by atoms with Crippen molar-refractivity contribution in [1.82, 2.24) is 0 Å². The second-order valence-corrected chi connectivity index (χ2v) is 2.03. The molecule has 0 radical (unpaired) electrons. The standard InChI is InChI=1S/C7H16O4.9CH4/c8-2-6-10-4-1-5-11-7-3-9;;;;;;;;;/h8-9H,1-7H2;9*1H4. The van der Waals surface area contributed by atoms with Crippen molar-refractivity contribution in [3.8, 4) is 0 Å². The van der Waals surface area contributed by atoms with E-state index < -0.39 is 0 Å². The maximum Gasteiger partial charge on any atom is 0.0697 e. The summed E-state index contributed by atoms with van der Waals surface area (Å²) in [6.07, 6.45) is 0.806. The highest BCUT2D eigenvalue weighted by molar-refractivity contribution is 4.34. The van der Waals surface area contributed by atoms with Crippen LogP contribution in [0.1, 0.15) is 73.3 Å². The number of ether oxygens (including phenoxy) is 2. The van der Waals surface area contributed by atoms with E-state index in [0.29, 0.717) is 26.4 Å². The van der Waals surface area contributed by atoms with Crippen LogP contribution in [0.2, 0.25) is 0 Å². The summed E-state index contributed by atoms with van der Waals surface area (Å²) in [4.78, 5) is 0. The Bertz CT molecular complexity index is 63.5. The van der Waals surface area contributed by atoms with E-state index in [2.05, 4.69) is 0 Å². The Morgan fingerprint density at radius 3 is 0.900 bits per heavy atom. The molecule has 2 N–H and O–H groups in total. The van der Waals surface area contributed by atoms with Crippen LogP contribution >= 0.6 is 0 Å². The average molecular weight is 309 g/mol. The number of hydrogen-bond acceptors (Lipinski definition) is 4. The van der Waals surface area contributed by atoms with E-state index in [-0.39, 0.29) is 80.1 Å². The van der Waals surface area contributed by atoms with E-state index in [1.54, 1.807) is 0 Å². The molecule has 0 aromatic carbocycles. The molecule has 0 aromatic heterocycles. The van der Waals surface area contributed by atoms with Gasteiger partial charge in [0.1, 0.15) is 0 Å². The third-order valence-corrected chi connectivity index (χ3v) is 1.05. The molecule has 0 fully saturated rings. The zero-order valence-electron chi connectivity index (χ0n) is 6.66. The lowest BCUT2D eigenvalue weighted by molar-refractivity contribution is 0.0526. The van der Waals surface area contributed by atoms with E-state index in [1.807, 2.05) is 0 Å². The average Bonchev–Trinajstić information content (AvgIpc) is 2.03. The van der Waals surface area contributed by atoms with Crippen LogP contribution in [-0.4, -0.2) is 49.9 Å². The summed E-state index contributed by atoms with van der Waals surface area (Å²) in [5, 5.41) is 16.6. The Morgan fingerprint density at radius 2 is 0.700 bits per heavy atom. The Morgan fingerprint density at radius 1 is 0.450 bits per heavy atom. The van der Waals surface area contributed by atoms with Gasteiger partial charge in [0.05, 0.1) is 26.4 Å². The molecule has 0 spiro atoms. The predicted octanol–water partition coefficient (Wildman–Crippen LogP) is 5.12. The molecule has 0 heterocycles. The van der Waals surface area contributed by atoms with Crippen molar-refractivity contribution >= 4 is 0 Å². The van der Waals surface area contributed by atoms with Crippen molar-refractivity contribution in [2.45, 2.75) is 73.3 Å². The van der Waals surface area contributed by atoms with Crippen molar-refractivity contribution < 1.29 is 19.7 Å². The van der Waals surface area contributed by atoms with Crippen LogP contribution in [-0.2, 0) is 9.47 Å². The van der Waals surface area contributed by atoms with Crippen LogP contribution in [0.5, 0.6) is 0 Å². The highest BCUT2D eigenvalue weighted by atomic mass is 16.5.